The van der Waals surface area contributed by atoms with E-state index in [1.54, 1.807) is 7.11 Å². The molecule has 18 heavy (non-hydrogen) atoms. The predicted octanol–water partition coefficient (Wildman–Crippen LogP) is 2.99. The zero-order valence-corrected chi connectivity index (χ0v) is 13.2. The summed E-state index contributed by atoms with van der Waals surface area (Å²) >= 11 is 3.40. The molecule has 0 spiro atoms. The van der Waals surface area contributed by atoms with E-state index in [4.69, 9.17) is 4.74 Å². The Morgan fingerprint density at radius 2 is 2.17 bits per heavy atom. The van der Waals surface area contributed by atoms with Gasteiger partial charge in [-0.05, 0) is 49.7 Å². The van der Waals surface area contributed by atoms with Crippen LogP contribution in [0.3, 0.4) is 0 Å². The highest BCUT2D eigenvalue weighted by Crippen LogP contribution is 2.19. The summed E-state index contributed by atoms with van der Waals surface area (Å²) < 4.78 is 8.13. The lowest BCUT2D eigenvalue weighted by Crippen LogP contribution is -2.40. The molecule has 0 aliphatic carbocycles. The number of hydrogen-bond donors (Lipinski definition) is 1. The number of carbonyl (C=O) groups excluding carboxylic acids is 1. The van der Waals surface area contributed by atoms with Crippen molar-refractivity contribution in [3.8, 4) is 0 Å². The highest BCUT2D eigenvalue weighted by molar-refractivity contribution is 9.10. The number of ether oxygens (including phenoxy) is 1. The van der Waals surface area contributed by atoms with E-state index in [1.165, 1.54) is 0 Å². The van der Waals surface area contributed by atoms with Crippen molar-refractivity contribution in [2.45, 2.75) is 39.3 Å². The first-order chi connectivity index (χ1) is 8.26. The summed E-state index contributed by atoms with van der Waals surface area (Å²) in [5.41, 5.74) is 0.297. The summed E-state index contributed by atoms with van der Waals surface area (Å²) in [6, 6.07) is 2.07. The van der Waals surface area contributed by atoms with E-state index in [0.29, 0.717) is 12.2 Å². The molecule has 0 atom stereocenters. The Labute approximate surface area is 117 Å². The molecule has 0 aliphatic rings. The number of aromatic nitrogens is 1. The fourth-order valence-electron chi connectivity index (χ4n) is 1.51. The quantitative estimate of drug-likeness (QED) is 0.907. The number of rotatable bonds is 5. The molecule has 5 heteroatoms. The summed E-state index contributed by atoms with van der Waals surface area (Å²) in [5.74, 6) is -0.0838. The van der Waals surface area contributed by atoms with Crippen molar-refractivity contribution in [3.63, 3.8) is 0 Å². The van der Waals surface area contributed by atoms with E-state index in [1.807, 2.05) is 44.5 Å². The van der Waals surface area contributed by atoms with E-state index >= 15 is 0 Å². The van der Waals surface area contributed by atoms with Crippen LogP contribution in [-0.4, -0.2) is 29.7 Å². The lowest BCUT2D eigenvalue weighted by Gasteiger charge is -2.23. The highest BCUT2D eigenvalue weighted by Gasteiger charge is 2.20. The lowest BCUT2D eigenvalue weighted by molar-refractivity contribution is 0.0227. The van der Waals surface area contributed by atoms with Crippen LogP contribution in [0.4, 0.5) is 0 Å². The molecule has 102 valence electrons. The van der Waals surface area contributed by atoms with E-state index in [0.717, 1.165) is 4.47 Å². The Morgan fingerprint density at radius 3 is 2.67 bits per heavy atom. The number of halogens is 1. The van der Waals surface area contributed by atoms with Gasteiger partial charge in [0.2, 0.25) is 0 Å². The molecule has 0 fully saturated rings. The van der Waals surface area contributed by atoms with Gasteiger partial charge in [-0.1, -0.05) is 0 Å². The monoisotopic (exact) mass is 316 g/mol. The van der Waals surface area contributed by atoms with Crippen molar-refractivity contribution in [1.29, 1.82) is 0 Å². The molecular formula is C13H21BrN2O2. The van der Waals surface area contributed by atoms with Gasteiger partial charge in [0, 0.05) is 30.4 Å². The second-order valence-electron chi connectivity index (χ2n) is 5.19. The van der Waals surface area contributed by atoms with Crippen molar-refractivity contribution in [2.75, 3.05) is 13.7 Å². The average molecular weight is 317 g/mol. The molecule has 0 aliphatic heterocycles. The lowest BCUT2D eigenvalue weighted by atomic mass is 10.1. The molecule has 0 radical (unpaired) electrons. The van der Waals surface area contributed by atoms with Gasteiger partial charge in [-0.15, -0.1) is 0 Å². The number of amides is 1. The number of nitrogens with zero attached hydrogens (tertiary/aromatic N) is 1. The fourth-order valence-corrected chi connectivity index (χ4v) is 1.95. The maximum atomic E-state index is 12.1. The smallest absolute Gasteiger partial charge is 0.268 e. The standard InChI is InChI=1S/C13H21BrN2O2/c1-9(2)16-7-10(14)6-11(16)12(17)15-8-13(3,4)18-5/h6-7,9H,8H2,1-5H3,(H,15,17). The molecule has 1 aromatic heterocycles. The normalized spacial score (nSPS) is 11.9. The van der Waals surface area contributed by atoms with Gasteiger partial charge in [-0.3, -0.25) is 4.79 Å². The Balaban J connectivity index is 2.79. The van der Waals surface area contributed by atoms with Crippen LogP contribution in [0.1, 0.15) is 44.2 Å². The molecule has 1 amide bonds. The maximum Gasteiger partial charge on any atom is 0.268 e. The highest BCUT2D eigenvalue weighted by atomic mass is 79.9. The van der Waals surface area contributed by atoms with Crippen LogP contribution in [0.2, 0.25) is 0 Å². The van der Waals surface area contributed by atoms with Gasteiger partial charge in [0.1, 0.15) is 5.69 Å². The number of methoxy groups -OCH3 is 1. The molecule has 0 bridgehead atoms. The third-order valence-electron chi connectivity index (χ3n) is 2.83. The minimum atomic E-state index is -0.359. The average Bonchev–Trinajstić information content (AvgIpc) is 2.68. The number of carbonyl (C=O) groups is 1. The summed E-state index contributed by atoms with van der Waals surface area (Å²) in [7, 11) is 1.64. The summed E-state index contributed by atoms with van der Waals surface area (Å²) in [5, 5.41) is 2.89. The largest absolute Gasteiger partial charge is 0.377 e. The van der Waals surface area contributed by atoms with Crippen LogP contribution in [0, 0.1) is 0 Å². The zero-order chi connectivity index (χ0) is 13.9. The van der Waals surface area contributed by atoms with E-state index in [-0.39, 0.29) is 17.6 Å². The molecule has 1 rings (SSSR count). The molecule has 0 unspecified atom stereocenters. The van der Waals surface area contributed by atoms with Gasteiger partial charge >= 0.3 is 0 Å². The van der Waals surface area contributed by atoms with Crippen LogP contribution < -0.4 is 5.32 Å². The van der Waals surface area contributed by atoms with Gasteiger partial charge in [-0.2, -0.15) is 0 Å². The zero-order valence-electron chi connectivity index (χ0n) is 11.6. The van der Waals surface area contributed by atoms with Crippen LogP contribution in [0.25, 0.3) is 0 Å². The molecule has 0 saturated heterocycles. The van der Waals surface area contributed by atoms with Gasteiger partial charge in [-0.25, -0.2) is 0 Å². The van der Waals surface area contributed by atoms with Crippen molar-refractivity contribution in [2.24, 2.45) is 0 Å². The number of hydrogen-bond acceptors (Lipinski definition) is 2. The Bertz CT molecular complexity index is 425. The molecule has 1 heterocycles. The van der Waals surface area contributed by atoms with Crippen LogP contribution >= 0.6 is 15.9 Å². The van der Waals surface area contributed by atoms with Gasteiger partial charge in [0.25, 0.3) is 5.91 Å². The minimum Gasteiger partial charge on any atom is -0.377 e. The minimum absolute atomic E-state index is 0.0838. The molecule has 0 saturated carbocycles. The topological polar surface area (TPSA) is 43.3 Å². The molecule has 0 aromatic carbocycles. The van der Waals surface area contributed by atoms with Crippen LogP contribution in [-0.2, 0) is 4.74 Å². The van der Waals surface area contributed by atoms with Crippen LogP contribution in [0.15, 0.2) is 16.7 Å². The second kappa shape index (κ2) is 5.89. The van der Waals surface area contributed by atoms with Crippen molar-refractivity contribution < 1.29 is 9.53 Å². The van der Waals surface area contributed by atoms with Crippen molar-refractivity contribution in [3.05, 3.63) is 22.4 Å². The molecule has 4 nitrogen and oxygen atoms in total. The Morgan fingerprint density at radius 1 is 1.56 bits per heavy atom. The van der Waals surface area contributed by atoms with E-state index < -0.39 is 0 Å². The SMILES string of the molecule is COC(C)(C)CNC(=O)c1cc(Br)cn1C(C)C. The molecule has 1 aromatic rings. The van der Waals surface area contributed by atoms with E-state index in [2.05, 4.69) is 21.2 Å². The first-order valence-corrected chi connectivity index (χ1v) is 6.77. The summed E-state index contributed by atoms with van der Waals surface area (Å²) in [6.07, 6.45) is 1.92. The fraction of sp³-hybridized carbons (Fsp3) is 0.615. The first-order valence-electron chi connectivity index (χ1n) is 5.97. The summed E-state index contributed by atoms with van der Waals surface area (Å²) in [4.78, 5) is 12.1. The van der Waals surface area contributed by atoms with E-state index in [9.17, 15) is 4.79 Å². The molecule has 1 N–H and O–H groups in total. The summed E-state index contributed by atoms with van der Waals surface area (Å²) in [6.45, 7) is 8.43. The number of nitrogens with one attached hydrogen (secondary N) is 1. The third kappa shape index (κ3) is 3.85. The Kier molecular flexibility index (Phi) is 4.99. The van der Waals surface area contributed by atoms with Gasteiger partial charge < -0.3 is 14.6 Å². The maximum absolute atomic E-state index is 12.1. The predicted molar refractivity (Wildman–Crippen MR) is 75.9 cm³/mol. The first kappa shape index (κ1) is 15.2. The second-order valence-corrected chi connectivity index (χ2v) is 6.11. The van der Waals surface area contributed by atoms with Gasteiger partial charge in [0.05, 0.1) is 5.60 Å². The van der Waals surface area contributed by atoms with Gasteiger partial charge in [0.15, 0.2) is 0 Å². The van der Waals surface area contributed by atoms with Crippen LogP contribution in [0.5, 0.6) is 0 Å². The molecular weight excluding hydrogens is 296 g/mol. The Hall–Kier alpha value is -0.810. The third-order valence-corrected chi connectivity index (χ3v) is 3.27. The van der Waals surface area contributed by atoms with Crippen molar-refractivity contribution >= 4 is 21.8 Å². The van der Waals surface area contributed by atoms with Crippen molar-refractivity contribution in [1.82, 2.24) is 9.88 Å².